The number of carbonyl (C=O) groups excluding carboxylic acids is 2. The lowest BCUT2D eigenvalue weighted by atomic mass is 9.98. The number of esters is 1. The Bertz CT molecular complexity index is 385. The standard InChI is InChI=1S/C16H27NO3S/c1-16(2,3)20-15(19)13-5-4-8-17(13)14(18)11-12-6-9-21-10-7-12/h12-13H,4-11H2,1-3H3/t13-/m0/s1. The van der Waals surface area contributed by atoms with Crippen LogP contribution in [0.2, 0.25) is 0 Å². The fourth-order valence-corrected chi connectivity index (χ4v) is 4.20. The maximum Gasteiger partial charge on any atom is 0.329 e. The normalized spacial score (nSPS) is 24.1. The first-order chi connectivity index (χ1) is 9.87. The van der Waals surface area contributed by atoms with Gasteiger partial charge in [0.25, 0.3) is 0 Å². The first-order valence-corrected chi connectivity index (χ1v) is 9.12. The van der Waals surface area contributed by atoms with Crippen LogP contribution in [-0.2, 0) is 14.3 Å². The van der Waals surface area contributed by atoms with Gasteiger partial charge in [-0.15, -0.1) is 0 Å². The molecule has 2 fully saturated rings. The lowest BCUT2D eigenvalue weighted by Gasteiger charge is -2.29. The van der Waals surface area contributed by atoms with Crippen LogP contribution < -0.4 is 0 Å². The van der Waals surface area contributed by atoms with Crippen LogP contribution in [0.5, 0.6) is 0 Å². The zero-order valence-corrected chi connectivity index (χ0v) is 14.2. The minimum absolute atomic E-state index is 0.139. The molecule has 0 N–H and O–H groups in total. The Hall–Kier alpha value is -0.710. The lowest BCUT2D eigenvalue weighted by Crippen LogP contribution is -2.44. The number of thioether (sulfide) groups is 1. The van der Waals surface area contributed by atoms with Crippen LogP contribution in [0.4, 0.5) is 0 Å². The molecule has 0 unspecified atom stereocenters. The summed E-state index contributed by atoms with van der Waals surface area (Å²) in [5, 5.41) is 0. The van der Waals surface area contributed by atoms with Crippen LogP contribution in [-0.4, -0.2) is 46.5 Å². The molecule has 21 heavy (non-hydrogen) atoms. The summed E-state index contributed by atoms with van der Waals surface area (Å²) < 4.78 is 5.46. The van der Waals surface area contributed by atoms with E-state index in [-0.39, 0.29) is 17.9 Å². The van der Waals surface area contributed by atoms with Gasteiger partial charge < -0.3 is 9.64 Å². The van der Waals surface area contributed by atoms with E-state index in [1.54, 1.807) is 4.90 Å². The average molecular weight is 313 g/mol. The first-order valence-electron chi connectivity index (χ1n) is 7.97. The van der Waals surface area contributed by atoms with E-state index in [9.17, 15) is 9.59 Å². The molecule has 0 aromatic carbocycles. The molecule has 1 atom stereocenters. The summed E-state index contributed by atoms with van der Waals surface area (Å²) >= 11 is 1.97. The van der Waals surface area contributed by atoms with Crippen LogP contribution in [0.25, 0.3) is 0 Å². The van der Waals surface area contributed by atoms with Gasteiger partial charge in [0, 0.05) is 13.0 Å². The van der Waals surface area contributed by atoms with E-state index in [4.69, 9.17) is 4.74 Å². The third-order valence-corrected chi connectivity index (χ3v) is 5.10. The quantitative estimate of drug-likeness (QED) is 0.752. The van der Waals surface area contributed by atoms with Gasteiger partial charge in [0.15, 0.2) is 0 Å². The highest BCUT2D eigenvalue weighted by atomic mass is 32.2. The molecular formula is C16H27NO3S. The van der Waals surface area contributed by atoms with Gasteiger partial charge >= 0.3 is 5.97 Å². The van der Waals surface area contributed by atoms with E-state index in [0.29, 0.717) is 18.9 Å². The second-order valence-electron chi connectivity index (χ2n) is 7.04. The molecule has 0 radical (unpaired) electrons. The Balaban J connectivity index is 1.91. The lowest BCUT2D eigenvalue weighted by molar-refractivity contribution is -0.163. The molecular weight excluding hydrogens is 286 g/mol. The third kappa shape index (κ3) is 4.90. The third-order valence-electron chi connectivity index (χ3n) is 4.06. The van der Waals surface area contributed by atoms with Crippen molar-refractivity contribution in [3.63, 3.8) is 0 Å². The largest absolute Gasteiger partial charge is 0.458 e. The second-order valence-corrected chi connectivity index (χ2v) is 8.26. The number of ether oxygens (including phenoxy) is 1. The van der Waals surface area contributed by atoms with Crippen molar-refractivity contribution < 1.29 is 14.3 Å². The zero-order chi connectivity index (χ0) is 15.5. The molecule has 2 heterocycles. The highest BCUT2D eigenvalue weighted by Crippen LogP contribution is 2.28. The van der Waals surface area contributed by atoms with Gasteiger partial charge in [-0.3, -0.25) is 4.79 Å². The van der Waals surface area contributed by atoms with E-state index < -0.39 is 5.60 Å². The molecule has 0 spiro atoms. The monoisotopic (exact) mass is 313 g/mol. The Morgan fingerprint density at radius 3 is 2.48 bits per heavy atom. The Morgan fingerprint density at radius 2 is 1.86 bits per heavy atom. The van der Waals surface area contributed by atoms with Gasteiger partial charge in [-0.05, 0) is 63.9 Å². The van der Waals surface area contributed by atoms with E-state index in [1.807, 2.05) is 32.5 Å². The molecule has 0 saturated carbocycles. The molecule has 2 aliphatic rings. The van der Waals surface area contributed by atoms with Crippen LogP contribution in [0.1, 0.15) is 52.9 Å². The number of hydrogen-bond donors (Lipinski definition) is 0. The second kappa shape index (κ2) is 7.03. The van der Waals surface area contributed by atoms with Crippen molar-refractivity contribution in [3.8, 4) is 0 Å². The van der Waals surface area contributed by atoms with Gasteiger partial charge in [-0.2, -0.15) is 11.8 Å². The van der Waals surface area contributed by atoms with Gasteiger partial charge in [0.05, 0.1) is 0 Å². The average Bonchev–Trinajstić information content (AvgIpc) is 2.87. The summed E-state index contributed by atoms with van der Waals surface area (Å²) in [6.07, 6.45) is 4.49. The summed E-state index contributed by atoms with van der Waals surface area (Å²) in [5.41, 5.74) is -0.491. The maximum absolute atomic E-state index is 12.5. The molecule has 2 saturated heterocycles. The van der Waals surface area contributed by atoms with Crippen molar-refractivity contribution >= 4 is 23.6 Å². The minimum atomic E-state index is -0.491. The van der Waals surface area contributed by atoms with E-state index >= 15 is 0 Å². The smallest absolute Gasteiger partial charge is 0.329 e. The maximum atomic E-state index is 12.5. The van der Waals surface area contributed by atoms with E-state index in [0.717, 1.165) is 37.2 Å². The van der Waals surface area contributed by atoms with Crippen molar-refractivity contribution in [3.05, 3.63) is 0 Å². The first kappa shape index (κ1) is 16.7. The van der Waals surface area contributed by atoms with Gasteiger partial charge in [0.1, 0.15) is 11.6 Å². The SMILES string of the molecule is CC(C)(C)OC(=O)[C@@H]1CCCN1C(=O)CC1CCSCC1. The molecule has 4 nitrogen and oxygen atoms in total. The zero-order valence-electron chi connectivity index (χ0n) is 13.4. The number of likely N-dealkylation sites (tertiary alicyclic amines) is 1. The summed E-state index contributed by atoms with van der Waals surface area (Å²) in [5.74, 6) is 2.72. The number of amides is 1. The highest BCUT2D eigenvalue weighted by Gasteiger charge is 2.37. The fraction of sp³-hybridized carbons (Fsp3) is 0.875. The van der Waals surface area contributed by atoms with E-state index in [1.165, 1.54) is 0 Å². The van der Waals surface area contributed by atoms with Gasteiger partial charge in [-0.1, -0.05) is 0 Å². The molecule has 0 aromatic rings. The topological polar surface area (TPSA) is 46.6 Å². The van der Waals surface area contributed by atoms with Crippen molar-refractivity contribution in [1.82, 2.24) is 4.90 Å². The number of carbonyl (C=O) groups is 2. The summed E-state index contributed by atoms with van der Waals surface area (Å²) in [7, 11) is 0. The van der Waals surface area contributed by atoms with E-state index in [2.05, 4.69) is 0 Å². The summed E-state index contributed by atoms with van der Waals surface area (Å²) in [6, 6.07) is -0.366. The minimum Gasteiger partial charge on any atom is -0.458 e. The Kier molecular flexibility index (Phi) is 5.58. The number of nitrogens with zero attached hydrogens (tertiary/aromatic N) is 1. The van der Waals surface area contributed by atoms with Crippen molar-refractivity contribution in [2.45, 2.75) is 64.5 Å². The van der Waals surface area contributed by atoms with Gasteiger partial charge in [0.2, 0.25) is 5.91 Å². The molecule has 120 valence electrons. The molecule has 2 aliphatic heterocycles. The molecule has 0 bridgehead atoms. The van der Waals surface area contributed by atoms with Crippen LogP contribution in [0, 0.1) is 5.92 Å². The van der Waals surface area contributed by atoms with Gasteiger partial charge in [-0.25, -0.2) is 4.79 Å². The van der Waals surface area contributed by atoms with Crippen molar-refractivity contribution in [2.75, 3.05) is 18.1 Å². The molecule has 0 aliphatic carbocycles. The van der Waals surface area contributed by atoms with Crippen LogP contribution >= 0.6 is 11.8 Å². The fourth-order valence-electron chi connectivity index (χ4n) is 2.99. The molecule has 1 amide bonds. The van der Waals surface area contributed by atoms with Crippen molar-refractivity contribution in [2.24, 2.45) is 5.92 Å². The van der Waals surface area contributed by atoms with Crippen LogP contribution in [0.15, 0.2) is 0 Å². The Morgan fingerprint density at radius 1 is 1.19 bits per heavy atom. The number of hydrogen-bond acceptors (Lipinski definition) is 4. The molecule has 5 heteroatoms. The summed E-state index contributed by atoms with van der Waals surface area (Å²) in [4.78, 5) is 26.5. The van der Waals surface area contributed by atoms with Crippen molar-refractivity contribution in [1.29, 1.82) is 0 Å². The predicted molar refractivity (Wildman–Crippen MR) is 85.2 cm³/mol. The molecule has 2 rings (SSSR count). The summed E-state index contributed by atoms with van der Waals surface area (Å²) in [6.45, 7) is 6.30. The Labute approximate surface area is 132 Å². The molecule has 0 aromatic heterocycles. The highest BCUT2D eigenvalue weighted by molar-refractivity contribution is 7.99. The predicted octanol–water partition coefficient (Wildman–Crippen LogP) is 2.85. The van der Waals surface area contributed by atoms with Crippen LogP contribution in [0.3, 0.4) is 0 Å². The number of rotatable bonds is 3.